The molecule has 0 aliphatic carbocycles. The van der Waals surface area contributed by atoms with Crippen molar-refractivity contribution in [3.8, 4) is 23.0 Å². The highest BCUT2D eigenvalue weighted by molar-refractivity contribution is 5.67. The standard InChI is InChI=1S/C15H8F2N4/c16-11-6-2-1-5-10(11)15-13(9-18)19-20-21(15)14-8-4-3-7-12(14)17/h1-8H. The molecule has 1 heterocycles. The van der Waals surface area contributed by atoms with Gasteiger partial charge in [-0.15, -0.1) is 5.10 Å². The second-order valence-electron chi connectivity index (χ2n) is 4.24. The molecular weight excluding hydrogens is 274 g/mol. The lowest BCUT2D eigenvalue weighted by Gasteiger charge is -2.08. The summed E-state index contributed by atoms with van der Waals surface area (Å²) in [6.45, 7) is 0. The van der Waals surface area contributed by atoms with E-state index in [0.717, 1.165) is 4.68 Å². The van der Waals surface area contributed by atoms with Crippen LogP contribution in [0.3, 0.4) is 0 Å². The van der Waals surface area contributed by atoms with E-state index in [1.54, 1.807) is 12.1 Å². The summed E-state index contributed by atoms with van der Waals surface area (Å²) in [6, 6.07) is 13.6. The average Bonchev–Trinajstić information content (AvgIpc) is 2.92. The first-order valence-corrected chi connectivity index (χ1v) is 6.08. The van der Waals surface area contributed by atoms with E-state index in [1.807, 2.05) is 6.07 Å². The molecule has 1 aromatic heterocycles. The van der Waals surface area contributed by atoms with E-state index in [2.05, 4.69) is 10.3 Å². The molecule has 6 heteroatoms. The van der Waals surface area contributed by atoms with E-state index in [0.29, 0.717) is 0 Å². The second kappa shape index (κ2) is 5.13. The molecule has 0 saturated carbocycles. The monoisotopic (exact) mass is 282 g/mol. The van der Waals surface area contributed by atoms with Gasteiger partial charge < -0.3 is 0 Å². The fourth-order valence-electron chi connectivity index (χ4n) is 2.04. The molecule has 0 N–H and O–H groups in total. The van der Waals surface area contributed by atoms with Gasteiger partial charge in [-0.1, -0.05) is 29.5 Å². The van der Waals surface area contributed by atoms with Crippen LogP contribution < -0.4 is 0 Å². The SMILES string of the molecule is N#Cc1nnn(-c2ccccc2F)c1-c1ccccc1F. The molecule has 2 aromatic carbocycles. The Morgan fingerprint density at radius 2 is 1.62 bits per heavy atom. The van der Waals surface area contributed by atoms with E-state index < -0.39 is 11.6 Å². The lowest BCUT2D eigenvalue weighted by molar-refractivity contribution is 0.605. The predicted octanol–water partition coefficient (Wildman–Crippen LogP) is 3.08. The summed E-state index contributed by atoms with van der Waals surface area (Å²) in [4.78, 5) is 0. The Balaban J connectivity index is 2.31. The maximum absolute atomic E-state index is 14.0. The maximum Gasteiger partial charge on any atom is 0.191 e. The van der Waals surface area contributed by atoms with Gasteiger partial charge >= 0.3 is 0 Å². The molecule has 0 bridgehead atoms. The molecule has 102 valence electrons. The Hall–Kier alpha value is -3.07. The number of para-hydroxylation sites is 1. The van der Waals surface area contributed by atoms with Crippen molar-refractivity contribution in [2.75, 3.05) is 0 Å². The molecule has 0 aliphatic rings. The third-order valence-corrected chi connectivity index (χ3v) is 2.99. The number of hydrogen-bond donors (Lipinski definition) is 0. The molecule has 4 nitrogen and oxygen atoms in total. The number of benzene rings is 2. The lowest BCUT2D eigenvalue weighted by atomic mass is 10.1. The second-order valence-corrected chi connectivity index (χ2v) is 4.24. The summed E-state index contributed by atoms with van der Waals surface area (Å²) in [5.74, 6) is -1.07. The van der Waals surface area contributed by atoms with E-state index >= 15 is 0 Å². The van der Waals surface area contributed by atoms with Crippen LogP contribution in [0, 0.1) is 23.0 Å². The first-order valence-electron chi connectivity index (χ1n) is 6.08. The van der Waals surface area contributed by atoms with Crippen LogP contribution in [0.2, 0.25) is 0 Å². The Morgan fingerprint density at radius 3 is 2.29 bits per heavy atom. The van der Waals surface area contributed by atoms with Gasteiger partial charge in [0.15, 0.2) is 5.69 Å². The molecule has 0 unspecified atom stereocenters. The zero-order valence-electron chi connectivity index (χ0n) is 10.7. The number of nitrogens with zero attached hydrogens (tertiary/aromatic N) is 4. The van der Waals surface area contributed by atoms with E-state index in [-0.39, 0.29) is 22.6 Å². The van der Waals surface area contributed by atoms with Crippen molar-refractivity contribution in [1.29, 1.82) is 5.26 Å². The Bertz CT molecular complexity index is 849. The number of hydrogen-bond acceptors (Lipinski definition) is 3. The van der Waals surface area contributed by atoms with Crippen LogP contribution in [0.5, 0.6) is 0 Å². The molecule has 0 atom stereocenters. The van der Waals surface area contributed by atoms with Crippen molar-refractivity contribution in [3.63, 3.8) is 0 Å². The van der Waals surface area contributed by atoms with Crippen LogP contribution in [0.4, 0.5) is 8.78 Å². The first kappa shape index (κ1) is 12.9. The van der Waals surface area contributed by atoms with Gasteiger partial charge in [-0.05, 0) is 24.3 Å². The van der Waals surface area contributed by atoms with Gasteiger partial charge in [-0.2, -0.15) is 5.26 Å². The minimum Gasteiger partial charge on any atom is -0.208 e. The van der Waals surface area contributed by atoms with E-state index in [1.165, 1.54) is 36.4 Å². The highest BCUT2D eigenvalue weighted by atomic mass is 19.1. The van der Waals surface area contributed by atoms with Crippen LogP contribution in [-0.4, -0.2) is 15.0 Å². The van der Waals surface area contributed by atoms with Crippen LogP contribution >= 0.6 is 0 Å². The highest BCUT2D eigenvalue weighted by Gasteiger charge is 2.20. The third kappa shape index (κ3) is 2.15. The van der Waals surface area contributed by atoms with Gasteiger partial charge in [0.25, 0.3) is 0 Å². The van der Waals surface area contributed by atoms with Crippen molar-refractivity contribution < 1.29 is 8.78 Å². The lowest BCUT2D eigenvalue weighted by Crippen LogP contribution is -2.03. The predicted molar refractivity (Wildman–Crippen MR) is 71.4 cm³/mol. The van der Waals surface area contributed by atoms with Crippen molar-refractivity contribution in [2.45, 2.75) is 0 Å². The summed E-state index contributed by atoms with van der Waals surface area (Å²) in [5.41, 5.74) is 0.302. The summed E-state index contributed by atoms with van der Waals surface area (Å²) in [6.07, 6.45) is 0. The Labute approximate surface area is 118 Å². The van der Waals surface area contributed by atoms with Gasteiger partial charge in [0.2, 0.25) is 0 Å². The van der Waals surface area contributed by atoms with Crippen LogP contribution in [0.15, 0.2) is 48.5 Å². The molecule has 0 fully saturated rings. The van der Waals surface area contributed by atoms with Crippen LogP contribution in [0.1, 0.15) is 5.69 Å². The number of rotatable bonds is 2. The van der Waals surface area contributed by atoms with Crippen LogP contribution in [-0.2, 0) is 0 Å². The normalized spacial score (nSPS) is 10.3. The van der Waals surface area contributed by atoms with Gasteiger partial charge in [-0.3, -0.25) is 0 Å². The maximum atomic E-state index is 14.0. The molecule has 0 radical (unpaired) electrons. The summed E-state index contributed by atoms with van der Waals surface area (Å²) >= 11 is 0. The smallest absolute Gasteiger partial charge is 0.191 e. The van der Waals surface area contributed by atoms with Crippen LogP contribution in [0.25, 0.3) is 16.9 Å². The van der Waals surface area contributed by atoms with Gasteiger partial charge in [-0.25, -0.2) is 13.5 Å². The van der Waals surface area contributed by atoms with Crippen molar-refractivity contribution in [1.82, 2.24) is 15.0 Å². The number of aromatic nitrogens is 3. The molecular formula is C15H8F2N4. The van der Waals surface area contributed by atoms with Gasteiger partial charge in [0.1, 0.15) is 29.1 Å². The summed E-state index contributed by atoms with van der Waals surface area (Å²) in [7, 11) is 0. The van der Waals surface area contributed by atoms with E-state index in [4.69, 9.17) is 5.26 Å². The van der Waals surface area contributed by atoms with Gasteiger partial charge in [0, 0.05) is 5.56 Å². The highest BCUT2D eigenvalue weighted by Crippen LogP contribution is 2.27. The first-order chi connectivity index (χ1) is 10.2. The molecule has 0 amide bonds. The summed E-state index contributed by atoms with van der Waals surface area (Å²) in [5, 5.41) is 16.6. The van der Waals surface area contributed by atoms with Crippen molar-refractivity contribution in [2.24, 2.45) is 0 Å². The van der Waals surface area contributed by atoms with Gasteiger partial charge in [0.05, 0.1) is 0 Å². The summed E-state index contributed by atoms with van der Waals surface area (Å²) < 4.78 is 29.0. The Kier molecular flexibility index (Phi) is 3.16. The Morgan fingerprint density at radius 1 is 0.952 bits per heavy atom. The molecule has 21 heavy (non-hydrogen) atoms. The fourth-order valence-corrected chi connectivity index (χ4v) is 2.04. The molecule has 0 spiro atoms. The topological polar surface area (TPSA) is 54.5 Å². The minimum absolute atomic E-state index is 0.0663. The largest absolute Gasteiger partial charge is 0.208 e. The zero-order chi connectivity index (χ0) is 14.8. The molecule has 3 aromatic rings. The quantitative estimate of drug-likeness (QED) is 0.725. The third-order valence-electron chi connectivity index (χ3n) is 2.99. The molecule has 0 saturated heterocycles. The van der Waals surface area contributed by atoms with Crippen molar-refractivity contribution in [3.05, 3.63) is 65.9 Å². The molecule has 0 aliphatic heterocycles. The molecule has 3 rings (SSSR count). The van der Waals surface area contributed by atoms with E-state index in [9.17, 15) is 8.78 Å². The number of halogens is 2. The number of nitriles is 1. The zero-order valence-corrected chi connectivity index (χ0v) is 10.7. The minimum atomic E-state index is -0.538. The van der Waals surface area contributed by atoms with Crippen molar-refractivity contribution >= 4 is 0 Å². The average molecular weight is 282 g/mol. The fraction of sp³-hybridized carbons (Fsp3) is 0.